The van der Waals surface area contributed by atoms with Crippen molar-refractivity contribution in [1.29, 1.82) is 0 Å². The highest BCUT2D eigenvalue weighted by atomic mass is 28.4. The fraction of sp³-hybridized carbons (Fsp3) is 0.500. The minimum absolute atomic E-state index is 0.0525. The lowest BCUT2D eigenvalue weighted by molar-refractivity contribution is -0.146. The van der Waals surface area contributed by atoms with Crippen molar-refractivity contribution >= 4 is 31.6 Å². The predicted molar refractivity (Wildman–Crippen MR) is 143 cm³/mol. The largest absolute Gasteiger partial charge is 0.396 e. The van der Waals surface area contributed by atoms with Gasteiger partial charge in [-0.1, -0.05) is 37.3 Å². The van der Waals surface area contributed by atoms with Crippen LogP contribution in [0.1, 0.15) is 37.3 Å². The number of carbonyl (C=O) groups is 2. The van der Waals surface area contributed by atoms with Gasteiger partial charge in [-0.25, -0.2) is 0 Å². The number of ether oxygens (including phenoxy) is 1. The molecule has 5 rings (SSSR count). The van der Waals surface area contributed by atoms with Gasteiger partial charge in [-0.2, -0.15) is 0 Å². The number of benzene rings is 2. The number of para-hydroxylation sites is 1. The van der Waals surface area contributed by atoms with Crippen molar-refractivity contribution in [2.45, 2.75) is 69.1 Å². The minimum atomic E-state index is -3.21. The Morgan fingerprint density at radius 3 is 2.76 bits per heavy atom. The highest BCUT2D eigenvalue weighted by Gasteiger charge is 2.66. The second-order valence-corrected chi connectivity index (χ2v) is 14.8. The van der Waals surface area contributed by atoms with Crippen LogP contribution in [-0.2, 0) is 26.5 Å². The number of carbonyl (C=O) groups excluding carboxylic acids is 2. The first-order valence-electron chi connectivity index (χ1n) is 13.2. The van der Waals surface area contributed by atoms with Crippen LogP contribution in [0.3, 0.4) is 0 Å². The quantitative estimate of drug-likeness (QED) is 0.374. The third-order valence-corrected chi connectivity index (χ3v) is 10.7. The number of halogens is 1. The van der Waals surface area contributed by atoms with E-state index in [0.29, 0.717) is 18.7 Å². The van der Waals surface area contributed by atoms with Gasteiger partial charge in [0.25, 0.3) is 5.91 Å². The maximum Gasteiger partial charge on any atom is 0.264 e. The Morgan fingerprint density at radius 2 is 2.05 bits per heavy atom. The number of nitrogens with zero attached hydrogens (tertiary/aromatic N) is 1. The highest BCUT2D eigenvalue weighted by molar-refractivity contribution is 6.72. The highest BCUT2D eigenvalue weighted by Crippen LogP contribution is 2.60. The van der Waals surface area contributed by atoms with Gasteiger partial charge in [0.05, 0.1) is 24.4 Å². The van der Waals surface area contributed by atoms with E-state index in [4.69, 9.17) is 4.74 Å². The van der Waals surface area contributed by atoms with Crippen LogP contribution in [0, 0.1) is 5.92 Å². The van der Waals surface area contributed by atoms with Crippen molar-refractivity contribution in [2.75, 3.05) is 23.4 Å². The number of hydrogen-bond acceptors (Lipinski definition) is 5. The van der Waals surface area contributed by atoms with E-state index in [9.17, 15) is 14.7 Å². The number of anilines is 2. The summed E-state index contributed by atoms with van der Waals surface area (Å²) in [5.74, 6) is -0.628. The number of nitrogens with one attached hydrogen (secondary N) is 2. The van der Waals surface area contributed by atoms with E-state index in [1.54, 1.807) is 18.0 Å². The fourth-order valence-electron chi connectivity index (χ4n) is 6.62. The second kappa shape index (κ2) is 9.94. The van der Waals surface area contributed by atoms with Gasteiger partial charge in [0.2, 0.25) is 14.3 Å². The first kappa shape index (κ1) is 26.0. The van der Waals surface area contributed by atoms with E-state index >= 15 is 4.11 Å². The number of rotatable bonds is 7. The van der Waals surface area contributed by atoms with Crippen molar-refractivity contribution in [1.82, 2.24) is 5.32 Å². The molecular formula is C28H36FN3O4Si. The summed E-state index contributed by atoms with van der Waals surface area (Å²) in [6, 6.07) is 14.9. The average Bonchev–Trinajstić information content (AvgIpc) is 3.54. The number of aliphatic hydroxyl groups is 1. The Labute approximate surface area is 218 Å². The van der Waals surface area contributed by atoms with Crippen LogP contribution in [-0.4, -0.2) is 50.6 Å². The summed E-state index contributed by atoms with van der Waals surface area (Å²) in [4.78, 5) is 28.5. The first-order chi connectivity index (χ1) is 17.7. The van der Waals surface area contributed by atoms with Crippen molar-refractivity contribution in [3.8, 4) is 0 Å². The molecule has 0 radical (unpaired) electrons. The Hall–Kier alpha value is -2.59. The summed E-state index contributed by atoms with van der Waals surface area (Å²) in [6.07, 6.45) is 1.58. The molecule has 1 spiro atoms. The van der Waals surface area contributed by atoms with Crippen molar-refractivity contribution < 1.29 is 23.5 Å². The summed E-state index contributed by atoms with van der Waals surface area (Å²) < 4.78 is 22.1. The van der Waals surface area contributed by atoms with Crippen molar-refractivity contribution in [2.24, 2.45) is 5.92 Å². The van der Waals surface area contributed by atoms with Gasteiger partial charge in [0.1, 0.15) is 0 Å². The number of fused-ring (bicyclic) bond motifs is 2. The van der Waals surface area contributed by atoms with E-state index in [1.165, 1.54) is 0 Å². The number of aliphatic hydroxyl groups excluding tert-OH is 1. The van der Waals surface area contributed by atoms with Gasteiger partial charge < -0.3 is 29.5 Å². The molecule has 2 saturated heterocycles. The van der Waals surface area contributed by atoms with E-state index in [0.717, 1.165) is 36.2 Å². The molecule has 9 heteroatoms. The van der Waals surface area contributed by atoms with Crippen LogP contribution in [0.15, 0.2) is 48.5 Å². The maximum atomic E-state index is 15.6. The van der Waals surface area contributed by atoms with Gasteiger partial charge >= 0.3 is 0 Å². The Bertz CT molecular complexity index is 1180. The van der Waals surface area contributed by atoms with E-state index < -0.39 is 25.7 Å². The minimum Gasteiger partial charge on any atom is -0.396 e. The van der Waals surface area contributed by atoms with Gasteiger partial charge in [0, 0.05) is 29.3 Å². The zero-order valence-corrected chi connectivity index (χ0v) is 22.7. The molecule has 7 nitrogen and oxygen atoms in total. The molecule has 2 aromatic rings. The molecule has 37 heavy (non-hydrogen) atoms. The molecule has 3 N–H and O–H groups in total. The lowest BCUT2D eigenvalue weighted by Crippen LogP contribution is -2.45. The number of amides is 2. The number of hydrogen-bond donors (Lipinski definition) is 3. The van der Waals surface area contributed by atoms with Crippen molar-refractivity contribution in [3.63, 3.8) is 0 Å². The molecule has 0 bridgehead atoms. The molecule has 0 saturated carbocycles. The molecule has 2 fully saturated rings. The van der Waals surface area contributed by atoms with Crippen LogP contribution < -0.4 is 15.5 Å². The molecule has 198 valence electrons. The van der Waals surface area contributed by atoms with Crippen LogP contribution in [0.5, 0.6) is 0 Å². The van der Waals surface area contributed by atoms with Gasteiger partial charge in [0.15, 0.2) is 5.60 Å². The van der Waals surface area contributed by atoms with Crippen LogP contribution in [0.2, 0.25) is 18.6 Å². The van der Waals surface area contributed by atoms with Gasteiger partial charge in [-0.05, 0) is 62.7 Å². The summed E-state index contributed by atoms with van der Waals surface area (Å²) in [5.41, 5.74) is 1.37. The molecule has 3 aliphatic heterocycles. The molecule has 5 atom stereocenters. The van der Waals surface area contributed by atoms with Crippen LogP contribution >= 0.6 is 0 Å². The monoisotopic (exact) mass is 525 g/mol. The molecule has 0 aromatic heterocycles. The zero-order valence-electron chi connectivity index (χ0n) is 21.7. The predicted octanol–water partition coefficient (Wildman–Crippen LogP) is 4.08. The van der Waals surface area contributed by atoms with Crippen LogP contribution in [0.4, 0.5) is 15.5 Å². The van der Waals surface area contributed by atoms with E-state index in [1.807, 2.05) is 55.5 Å². The molecular weight excluding hydrogens is 489 g/mol. The summed E-state index contributed by atoms with van der Waals surface area (Å²) >= 11 is 0. The smallest absolute Gasteiger partial charge is 0.264 e. The SMILES string of the molecule is C[C@@H]1[C@@H]([Si](C)(C)F)[C@H](CCO)O[C@@]12C(=O)N(Cc1cccc(NC(=O)[C@H]3CCCN3)c1)c1ccccc12. The Kier molecular flexibility index (Phi) is 6.99. The Morgan fingerprint density at radius 1 is 1.27 bits per heavy atom. The normalized spacial score (nSPS) is 29.2. The second-order valence-electron chi connectivity index (χ2n) is 11.0. The molecule has 3 aliphatic rings. The fourth-order valence-corrected chi connectivity index (χ4v) is 9.17. The molecule has 0 aliphatic carbocycles. The van der Waals surface area contributed by atoms with Crippen molar-refractivity contribution in [3.05, 3.63) is 59.7 Å². The molecule has 3 heterocycles. The molecule has 2 amide bonds. The standard InChI is InChI=1S/C28H36FN3O4Si/c1-18-25(37(2,3)29)24(13-15-33)36-28(18)21-10-4-5-12-23(21)32(27(28)35)17-19-8-6-9-20(16-19)31-26(34)22-11-7-14-30-22/h4-6,8-10,12,16,18,22,24-25,30,33H,7,11,13-15,17H2,1-3H3,(H,31,34)/t18-,22-,24+,25-,28+/m1/s1. The summed E-state index contributed by atoms with van der Waals surface area (Å²) in [7, 11) is -3.21. The Balaban J connectivity index is 1.45. The third kappa shape index (κ3) is 4.52. The maximum absolute atomic E-state index is 15.6. The van der Waals surface area contributed by atoms with E-state index in [2.05, 4.69) is 10.6 Å². The first-order valence-corrected chi connectivity index (χ1v) is 16.1. The zero-order chi connectivity index (χ0) is 26.4. The van der Waals surface area contributed by atoms with Gasteiger partial charge in [-0.3, -0.25) is 9.59 Å². The molecule has 2 aromatic carbocycles. The average molecular weight is 526 g/mol. The summed E-state index contributed by atoms with van der Waals surface area (Å²) in [6.45, 7) is 6.25. The lowest BCUT2D eigenvalue weighted by Gasteiger charge is -2.31. The third-order valence-electron chi connectivity index (χ3n) is 8.19. The van der Waals surface area contributed by atoms with Gasteiger partial charge in [-0.15, -0.1) is 0 Å². The topological polar surface area (TPSA) is 90.9 Å². The van der Waals surface area contributed by atoms with Crippen LogP contribution in [0.25, 0.3) is 0 Å². The lowest BCUT2D eigenvalue weighted by atomic mass is 9.82. The summed E-state index contributed by atoms with van der Waals surface area (Å²) in [5, 5.41) is 15.9. The van der Waals surface area contributed by atoms with E-state index in [-0.39, 0.29) is 30.4 Å². The molecule has 0 unspecified atom stereocenters.